The van der Waals surface area contributed by atoms with Gasteiger partial charge in [-0.25, -0.2) is 4.39 Å². The molecule has 0 aromatic heterocycles. The highest BCUT2D eigenvalue weighted by atomic mass is 19.1. The molecule has 0 unspecified atom stereocenters. The standard InChI is InChI=1S/C6H5F.CH2O/c7-6-4-2-1-3-5-6;1-2/h1-5H;1H2. The number of hydrogen-bond donors (Lipinski definition) is 0. The molecule has 0 heterocycles. The molecule has 1 nitrogen and oxygen atoms in total. The van der Waals surface area contributed by atoms with E-state index in [2.05, 4.69) is 0 Å². The number of carbonyl (C=O) groups excluding carboxylic acids is 1. The normalized spacial score (nSPS) is 7.22. The van der Waals surface area contributed by atoms with Crippen LogP contribution >= 0.6 is 0 Å². The van der Waals surface area contributed by atoms with Crippen molar-refractivity contribution in [3.63, 3.8) is 0 Å². The number of halogens is 1. The van der Waals surface area contributed by atoms with Gasteiger partial charge in [0.2, 0.25) is 0 Å². The van der Waals surface area contributed by atoms with Gasteiger partial charge in [0.15, 0.2) is 0 Å². The lowest BCUT2D eigenvalue weighted by Crippen LogP contribution is -1.63. The average molecular weight is 126 g/mol. The minimum absolute atomic E-state index is 0.178. The van der Waals surface area contributed by atoms with Gasteiger partial charge in [-0.1, -0.05) is 18.2 Å². The van der Waals surface area contributed by atoms with Crippen molar-refractivity contribution in [2.45, 2.75) is 0 Å². The van der Waals surface area contributed by atoms with Crippen molar-refractivity contribution >= 4 is 6.79 Å². The molecule has 0 saturated carbocycles. The van der Waals surface area contributed by atoms with E-state index >= 15 is 0 Å². The van der Waals surface area contributed by atoms with Gasteiger partial charge < -0.3 is 4.79 Å². The summed E-state index contributed by atoms with van der Waals surface area (Å²) in [6.07, 6.45) is 0. The first-order valence-electron chi connectivity index (χ1n) is 2.39. The number of rotatable bonds is 0. The Morgan fingerprint density at radius 2 is 1.56 bits per heavy atom. The van der Waals surface area contributed by atoms with E-state index in [0.29, 0.717) is 0 Å². The summed E-state index contributed by atoms with van der Waals surface area (Å²) in [5.41, 5.74) is 0. The van der Waals surface area contributed by atoms with E-state index in [1.807, 2.05) is 6.79 Å². The van der Waals surface area contributed by atoms with Crippen LogP contribution in [0.4, 0.5) is 4.39 Å². The van der Waals surface area contributed by atoms with E-state index in [1.54, 1.807) is 18.2 Å². The van der Waals surface area contributed by atoms with Gasteiger partial charge in [0.1, 0.15) is 12.6 Å². The summed E-state index contributed by atoms with van der Waals surface area (Å²) in [6.45, 7) is 2.00. The second-order valence-corrected chi connectivity index (χ2v) is 1.30. The molecule has 0 aliphatic carbocycles. The lowest BCUT2D eigenvalue weighted by atomic mass is 10.4. The zero-order valence-corrected chi connectivity index (χ0v) is 4.88. The van der Waals surface area contributed by atoms with Gasteiger partial charge in [-0.2, -0.15) is 0 Å². The zero-order chi connectivity index (χ0) is 7.11. The fourth-order valence-corrected chi connectivity index (χ4v) is 0.415. The van der Waals surface area contributed by atoms with Crippen LogP contribution in [0.5, 0.6) is 0 Å². The third-order valence-electron chi connectivity index (χ3n) is 0.733. The first-order valence-corrected chi connectivity index (χ1v) is 2.39. The molecule has 1 rings (SSSR count). The van der Waals surface area contributed by atoms with Crippen LogP contribution in [0.15, 0.2) is 30.3 Å². The number of carbonyl (C=O) groups is 1. The van der Waals surface area contributed by atoms with Crippen molar-refractivity contribution in [3.05, 3.63) is 36.1 Å². The summed E-state index contributed by atoms with van der Waals surface area (Å²) in [6, 6.07) is 7.94. The summed E-state index contributed by atoms with van der Waals surface area (Å²) in [4.78, 5) is 8.00. The zero-order valence-electron chi connectivity index (χ0n) is 4.88. The Balaban J connectivity index is 0.000000291. The molecule has 0 saturated heterocycles. The molecule has 2 heteroatoms. The number of benzene rings is 1. The van der Waals surface area contributed by atoms with Crippen molar-refractivity contribution in [2.24, 2.45) is 0 Å². The molecule has 9 heavy (non-hydrogen) atoms. The van der Waals surface area contributed by atoms with Crippen LogP contribution < -0.4 is 0 Å². The van der Waals surface area contributed by atoms with Crippen LogP contribution in [0.3, 0.4) is 0 Å². The Labute approximate surface area is 53.1 Å². The first-order chi connectivity index (χ1) is 4.39. The molecule has 0 aliphatic rings. The Kier molecular flexibility index (Phi) is 4.32. The Bertz CT molecular complexity index is 150. The highest BCUT2D eigenvalue weighted by Crippen LogP contribution is 1.91. The number of hydrogen-bond acceptors (Lipinski definition) is 1. The summed E-state index contributed by atoms with van der Waals surface area (Å²) in [7, 11) is 0. The predicted molar refractivity (Wildman–Crippen MR) is 33.5 cm³/mol. The SMILES string of the molecule is C=O.Fc1ccccc1. The summed E-state index contributed by atoms with van der Waals surface area (Å²) in [5.74, 6) is -0.178. The van der Waals surface area contributed by atoms with Gasteiger partial charge in [0, 0.05) is 0 Å². The van der Waals surface area contributed by atoms with Gasteiger partial charge in [0.05, 0.1) is 0 Å². The van der Waals surface area contributed by atoms with Gasteiger partial charge in [-0.15, -0.1) is 0 Å². The lowest BCUT2D eigenvalue weighted by molar-refractivity contribution is -0.0979. The molecule has 0 aliphatic heterocycles. The van der Waals surface area contributed by atoms with Crippen LogP contribution in [0.1, 0.15) is 0 Å². The van der Waals surface area contributed by atoms with E-state index in [0.717, 1.165) is 0 Å². The van der Waals surface area contributed by atoms with Crippen LogP contribution in [-0.4, -0.2) is 6.79 Å². The largest absolute Gasteiger partial charge is 0.307 e. The molecule has 0 amide bonds. The highest BCUT2D eigenvalue weighted by Gasteiger charge is 1.77. The van der Waals surface area contributed by atoms with E-state index < -0.39 is 0 Å². The maximum absolute atomic E-state index is 11.9. The van der Waals surface area contributed by atoms with Crippen molar-refractivity contribution in [1.82, 2.24) is 0 Å². The molecular formula is C7H7FO. The monoisotopic (exact) mass is 126 g/mol. The molecule has 1 aromatic carbocycles. The van der Waals surface area contributed by atoms with E-state index in [9.17, 15) is 4.39 Å². The summed E-state index contributed by atoms with van der Waals surface area (Å²) < 4.78 is 11.9. The molecule has 0 fully saturated rings. The molecule has 0 spiro atoms. The summed E-state index contributed by atoms with van der Waals surface area (Å²) in [5, 5.41) is 0. The smallest absolute Gasteiger partial charge is 0.123 e. The average Bonchev–Trinajstić information content (AvgIpc) is 1.94. The molecule has 48 valence electrons. The highest BCUT2D eigenvalue weighted by molar-refractivity contribution is 5.11. The van der Waals surface area contributed by atoms with Crippen LogP contribution in [0.25, 0.3) is 0 Å². The van der Waals surface area contributed by atoms with Gasteiger partial charge >= 0.3 is 0 Å². The first kappa shape index (κ1) is 7.82. The topological polar surface area (TPSA) is 17.1 Å². The predicted octanol–water partition coefficient (Wildman–Crippen LogP) is 1.64. The quantitative estimate of drug-likeness (QED) is 0.516. The van der Waals surface area contributed by atoms with E-state index in [1.165, 1.54) is 12.1 Å². The Morgan fingerprint density at radius 1 is 1.11 bits per heavy atom. The molecular weight excluding hydrogens is 119 g/mol. The molecule has 0 N–H and O–H groups in total. The minimum Gasteiger partial charge on any atom is -0.307 e. The van der Waals surface area contributed by atoms with Crippen LogP contribution in [-0.2, 0) is 4.79 Å². The molecule has 0 bridgehead atoms. The second kappa shape index (κ2) is 4.97. The van der Waals surface area contributed by atoms with Crippen molar-refractivity contribution < 1.29 is 9.18 Å². The Hall–Kier alpha value is -1.18. The van der Waals surface area contributed by atoms with E-state index in [-0.39, 0.29) is 5.82 Å². The maximum Gasteiger partial charge on any atom is 0.123 e. The van der Waals surface area contributed by atoms with Gasteiger partial charge in [-0.3, -0.25) is 0 Å². The molecule has 1 aromatic rings. The van der Waals surface area contributed by atoms with Crippen molar-refractivity contribution in [1.29, 1.82) is 0 Å². The Morgan fingerprint density at radius 3 is 1.78 bits per heavy atom. The fourth-order valence-electron chi connectivity index (χ4n) is 0.415. The lowest BCUT2D eigenvalue weighted by Gasteiger charge is -1.78. The van der Waals surface area contributed by atoms with Crippen LogP contribution in [0.2, 0.25) is 0 Å². The van der Waals surface area contributed by atoms with E-state index in [4.69, 9.17) is 4.79 Å². The van der Waals surface area contributed by atoms with Crippen molar-refractivity contribution in [2.75, 3.05) is 0 Å². The minimum atomic E-state index is -0.178. The third kappa shape index (κ3) is 3.41. The maximum atomic E-state index is 11.9. The molecule has 0 radical (unpaired) electrons. The van der Waals surface area contributed by atoms with Crippen LogP contribution in [0, 0.1) is 5.82 Å². The second-order valence-electron chi connectivity index (χ2n) is 1.30. The van der Waals surface area contributed by atoms with Gasteiger partial charge in [0.25, 0.3) is 0 Å². The fraction of sp³-hybridized carbons (Fsp3) is 0. The van der Waals surface area contributed by atoms with Crippen molar-refractivity contribution in [3.8, 4) is 0 Å². The molecule has 0 atom stereocenters. The summed E-state index contributed by atoms with van der Waals surface area (Å²) >= 11 is 0. The third-order valence-corrected chi connectivity index (χ3v) is 0.733. The van der Waals surface area contributed by atoms with Gasteiger partial charge in [-0.05, 0) is 12.1 Å².